The molecule has 1 saturated heterocycles. The second-order valence-electron chi connectivity index (χ2n) is 8.13. The van der Waals surface area contributed by atoms with E-state index in [0.29, 0.717) is 23.7 Å². The van der Waals surface area contributed by atoms with E-state index >= 15 is 0 Å². The van der Waals surface area contributed by atoms with Crippen LogP contribution in [0.5, 0.6) is 5.75 Å². The summed E-state index contributed by atoms with van der Waals surface area (Å²) in [6.45, 7) is 7.55. The van der Waals surface area contributed by atoms with Crippen LogP contribution in [0.15, 0.2) is 48.5 Å². The van der Waals surface area contributed by atoms with Crippen LogP contribution in [-0.2, 0) is 6.54 Å². The molecule has 1 aliphatic rings. The van der Waals surface area contributed by atoms with Gasteiger partial charge in [0.2, 0.25) is 0 Å². The maximum absolute atomic E-state index is 13.5. The lowest BCUT2D eigenvalue weighted by Crippen LogP contribution is -2.35. The number of halogens is 1. The lowest BCUT2D eigenvalue weighted by Gasteiger charge is -2.24. The molecule has 0 radical (unpaired) electrons. The number of nitrogens with zero attached hydrogens (tertiary/aromatic N) is 4. The Labute approximate surface area is 194 Å². The fraction of sp³-hybridized carbons (Fsp3) is 0.360. The summed E-state index contributed by atoms with van der Waals surface area (Å²) in [6, 6.07) is 15.8. The summed E-state index contributed by atoms with van der Waals surface area (Å²) in [4.78, 5) is 17.8. The molecule has 6 nitrogen and oxygen atoms in total. The molecule has 0 aliphatic carbocycles. The highest BCUT2D eigenvalue weighted by Crippen LogP contribution is 2.23. The van der Waals surface area contributed by atoms with Gasteiger partial charge in [0.15, 0.2) is 0 Å². The minimum atomic E-state index is 0.0574. The quantitative estimate of drug-likeness (QED) is 0.569. The van der Waals surface area contributed by atoms with E-state index in [1.54, 1.807) is 7.11 Å². The Balaban J connectivity index is 1.48. The third-order valence-corrected chi connectivity index (χ3v) is 6.46. The molecule has 1 aliphatic heterocycles. The minimum Gasteiger partial charge on any atom is -0.497 e. The summed E-state index contributed by atoms with van der Waals surface area (Å²) in [5.74, 6) is 0.905. The average molecular weight is 453 g/mol. The molecule has 0 saturated carbocycles. The van der Waals surface area contributed by atoms with E-state index in [0.717, 1.165) is 54.4 Å². The van der Waals surface area contributed by atoms with Crippen molar-refractivity contribution in [1.82, 2.24) is 14.7 Å². The van der Waals surface area contributed by atoms with Gasteiger partial charge in [-0.05, 0) is 56.2 Å². The fourth-order valence-corrected chi connectivity index (χ4v) is 4.47. The Morgan fingerprint density at radius 3 is 2.50 bits per heavy atom. The first-order valence-electron chi connectivity index (χ1n) is 10.9. The Hall–Kier alpha value is -2.99. The highest BCUT2D eigenvalue weighted by Gasteiger charge is 2.26. The first-order valence-corrected chi connectivity index (χ1v) is 11.3. The Morgan fingerprint density at radius 1 is 1.03 bits per heavy atom. The zero-order chi connectivity index (χ0) is 22.7. The zero-order valence-electron chi connectivity index (χ0n) is 18.8. The molecule has 3 aromatic rings. The number of methoxy groups -OCH3 is 1. The molecule has 1 fully saturated rings. The van der Waals surface area contributed by atoms with Crippen molar-refractivity contribution in [3.05, 3.63) is 76.1 Å². The normalized spacial score (nSPS) is 14.4. The lowest BCUT2D eigenvalue weighted by atomic mass is 10.1. The van der Waals surface area contributed by atoms with Gasteiger partial charge >= 0.3 is 0 Å². The van der Waals surface area contributed by atoms with Gasteiger partial charge in [0.25, 0.3) is 5.91 Å². The molecule has 168 valence electrons. The highest BCUT2D eigenvalue weighted by atomic mass is 35.5. The SMILES string of the molecule is COc1ccc(N2CCCN(C(=O)c3c(C)nn(Cc4ccccc4Cl)c3C)CC2)cc1. The van der Waals surface area contributed by atoms with Crippen LogP contribution in [0.3, 0.4) is 0 Å². The molecule has 32 heavy (non-hydrogen) atoms. The van der Waals surface area contributed by atoms with Gasteiger partial charge in [-0.25, -0.2) is 0 Å². The maximum atomic E-state index is 13.5. The van der Waals surface area contributed by atoms with Gasteiger partial charge in [0.1, 0.15) is 5.75 Å². The summed E-state index contributed by atoms with van der Waals surface area (Å²) in [5.41, 5.74) is 4.48. The van der Waals surface area contributed by atoms with Crippen LogP contribution >= 0.6 is 11.6 Å². The second kappa shape index (κ2) is 9.65. The minimum absolute atomic E-state index is 0.0574. The summed E-state index contributed by atoms with van der Waals surface area (Å²) < 4.78 is 7.14. The Kier molecular flexibility index (Phi) is 6.70. The largest absolute Gasteiger partial charge is 0.497 e. The number of carbonyl (C=O) groups excluding carboxylic acids is 1. The van der Waals surface area contributed by atoms with E-state index in [-0.39, 0.29) is 5.91 Å². The van der Waals surface area contributed by atoms with E-state index < -0.39 is 0 Å². The first-order chi connectivity index (χ1) is 15.5. The van der Waals surface area contributed by atoms with Gasteiger partial charge < -0.3 is 14.5 Å². The summed E-state index contributed by atoms with van der Waals surface area (Å²) in [7, 11) is 1.67. The van der Waals surface area contributed by atoms with Crippen molar-refractivity contribution >= 4 is 23.2 Å². The molecule has 4 rings (SSSR count). The molecular formula is C25H29ClN4O2. The van der Waals surface area contributed by atoms with Crippen LogP contribution in [0.25, 0.3) is 0 Å². The van der Waals surface area contributed by atoms with E-state index in [2.05, 4.69) is 22.1 Å². The third kappa shape index (κ3) is 4.60. The van der Waals surface area contributed by atoms with Crippen molar-refractivity contribution < 1.29 is 9.53 Å². The molecule has 2 aromatic carbocycles. The van der Waals surface area contributed by atoms with Crippen molar-refractivity contribution in [3.63, 3.8) is 0 Å². The van der Waals surface area contributed by atoms with Crippen molar-refractivity contribution in [2.75, 3.05) is 38.2 Å². The van der Waals surface area contributed by atoms with Gasteiger partial charge in [-0.3, -0.25) is 9.48 Å². The number of benzene rings is 2. The Bertz CT molecular complexity index is 1090. The van der Waals surface area contributed by atoms with Crippen LogP contribution in [0, 0.1) is 13.8 Å². The van der Waals surface area contributed by atoms with E-state index in [1.165, 1.54) is 0 Å². The molecular weight excluding hydrogens is 424 g/mol. The molecule has 0 N–H and O–H groups in total. The number of ether oxygens (including phenoxy) is 1. The van der Waals surface area contributed by atoms with Crippen LogP contribution in [-0.4, -0.2) is 53.9 Å². The zero-order valence-corrected chi connectivity index (χ0v) is 19.6. The number of carbonyl (C=O) groups is 1. The summed E-state index contributed by atoms with van der Waals surface area (Å²) in [5, 5.41) is 5.36. The van der Waals surface area contributed by atoms with Gasteiger partial charge in [-0.1, -0.05) is 29.8 Å². The maximum Gasteiger partial charge on any atom is 0.257 e. The smallest absolute Gasteiger partial charge is 0.257 e. The molecule has 2 heterocycles. The van der Waals surface area contributed by atoms with E-state index in [4.69, 9.17) is 16.3 Å². The van der Waals surface area contributed by atoms with Crippen molar-refractivity contribution in [3.8, 4) is 5.75 Å². The van der Waals surface area contributed by atoms with Gasteiger partial charge in [0, 0.05) is 42.6 Å². The summed E-state index contributed by atoms with van der Waals surface area (Å²) >= 11 is 6.33. The molecule has 0 atom stereocenters. The average Bonchev–Trinajstić information content (AvgIpc) is 2.97. The second-order valence-corrected chi connectivity index (χ2v) is 8.53. The number of rotatable bonds is 5. The van der Waals surface area contributed by atoms with Gasteiger partial charge in [-0.2, -0.15) is 5.10 Å². The van der Waals surface area contributed by atoms with E-state index in [9.17, 15) is 4.79 Å². The number of hydrogen-bond acceptors (Lipinski definition) is 4. The van der Waals surface area contributed by atoms with Crippen LogP contribution < -0.4 is 9.64 Å². The standard InChI is InChI=1S/C25H29ClN4O2/c1-18-24(19(2)30(27-18)17-20-7-4-5-8-23(20)26)25(31)29-14-6-13-28(15-16-29)21-9-11-22(32-3)12-10-21/h4-5,7-12H,6,13-17H2,1-3H3. The van der Waals surface area contributed by atoms with Gasteiger partial charge in [-0.15, -0.1) is 0 Å². The highest BCUT2D eigenvalue weighted by molar-refractivity contribution is 6.31. The predicted molar refractivity (Wildman–Crippen MR) is 128 cm³/mol. The lowest BCUT2D eigenvalue weighted by molar-refractivity contribution is 0.0765. The Morgan fingerprint density at radius 2 is 1.78 bits per heavy atom. The number of aryl methyl sites for hydroxylation is 1. The van der Waals surface area contributed by atoms with Crippen molar-refractivity contribution in [2.24, 2.45) is 0 Å². The molecule has 1 aromatic heterocycles. The van der Waals surface area contributed by atoms with E-state index in [1.807, 2.05) is 59.8 Å². The van der Waals surface area contributed by atoms with Crippen LogP contribution in [0.1, 0.15) is 33.7 Å². The molecule has 0 unspecified atom stereocenters. The monoisotopic (exact) mass is 452 g/mol. The summed E-state index contributed by atoms with van der Waals surface area (Å²) in [6.07, 6.45) is 0.920. The topological polar surface area (TPSA) is 50.6 Å². The van der Waals surface area contributed by atoms with Gasteiger partial charge in [0.05, 0.1) is 24.9 Å². The first kappa shape index (κ1) is 22.2. The molecule has 0 spiro atoms. The third-order valence-electron chi connectivity index (χ3n) is 6.09. The molecule has 1 amide bonds. The molecule has 0 bridgehead atoms. The number of amides is 1. The molecule has 7 heteroatoms. The van der Waals surface area contributed by atoms with Crippen molar-refractivity contribution in [1.29, 1.82) is 0 Å². The number of hydrogen-bond donors (Lipinski definition) is 0. The number of anilines is 1. The van der Waals surface area contributed by atoms with Crippen molar-refractivity contribution in [2.45, 2.75) is 26.8 Å². The fourth-order valence-electron chi connectivity index (χ4n) is 4.28. The van der Waals surface area contributed by atoms with Crippen LogP contribution in [0.2, 0.25) is 5.02 Å². The van der Waals surface area contributed by atoms with Crippen LogP contribution in [0.4, 0.5) is 5.69 Å². The predicted octanol–water partition coefficient (Wildman–Crippen LogP) is 4.56. The number of aromatic nitrogens is 2.